The Morgan fingerprint density at radius 1 is 1.53 bits per heavy atom. The first kappa shape index (κ1) is 11.0. The fourth-order valence-corrected chi connectivity index (χ4v) is 3.19. The van der Waals surface area contributed by atoms with Gasteiger partial charge < -0.3 is 5.73 Å². The number of carbonyl (C=O) groups excluding carboxylic acids is 1. The lowest BCUT2D eigenvalue weighted by molar-refractivity contribution is -0.117. The summed E-state index contributed by atoms with van der Waals surface area (Å²) < 4.78 is 0.987. The van der Waals surface area contributed by atoms with Crippen molar-refractivity contribution in [1.82, 2.24) is 4.98 Å². The Morgan fingerprint density at radius 2 is 2.35 bits per heavy atom. The maximum Gasteiger partial charge on any atom is 0.230 e. The molecule has 1 fully saturated rings. The van der Waals surface area contributed by atoms with Crippen LogP contribution in [0.2, 0.25) is 5.02 Å². The average molecular weight is 268 g/mol. The minimum Gasteiger partial charge on any atom is -0.326 e. The highest BCUT2D eigenvalue weighted by atomic mass is 35.5. The third-order valence-corrected chi connectivity index (χ3v) is 4.00. The normalized spacial score (nSPS) is 20.5. The largest absolute Gasteiger partial charge is 0.326 e. The molecule has 2 N–H and O–H groups in total. The molecule has 0 saturated carbocycles. The number of halogens is 1. The Kier molecular flexibility index (Phi) is 2.54. The van der Waals surface area contributed by atoms with Gasteiger partial charge in [-0.1, -0.05) is 22.9 Å². The van der Waals surface area contributed by atoms with Crippen molar-refractivity contribution in [2.75, 3.05) is 11.4 Å². The van der Waals surface area contributed by atoms with Crippen LogP contribution in [0.15, 0.2) is 18.2 Å². The van der Waals surface area contributed by atoms with Gasteiger partial charge in [-0.2, -0.15) is 0 Å². The summed E-state index contributed by atoms with van der Waals surface area (Å²) in [6, 6.07) is 5.43. The number of benzene rings is 1. The zero-order valence-corrected chi connectivity index (χ0v) is 10.5. The summed E-state index contributed by atoms with van der Waals surface area (Å²) in [5.41, 5.74) is 6.63. The van der Waals surface area contributed by atoms with Gasteiger partial charge in [0, 0.05) is 24.0 Å². The van der Waals surface area contributed by atoms with Crippen LogP contribution in [0.4, 0.5) is 5.13 Å². The van der Waals surface area contributed by atoms with Gasteiger partial charge in [-0.25, -0.2) is 4.98 Å². The van der Waals surface area contributed by atoms with Gasteiger partial charge in [0.2, 0.25) is 5.91 Å². The molecular formula is C11H10ClN3OS. The summed E-state index contributed by atoms with van der Waals surface area (Å²) in [5.74, 6) is 0.0441. The van der Waals surface area contributed by atoms with E-state index in [1.54, 1.807) is 11.0 Å². The Balaban J connectivity index is 2.03. The number of aromatic nitrogens is 1. The Bertz CT molecular complexity index is 597. The molecule has 2 heterocycles. The Hall–Kier alpha value is -1.17. The molecule has 1 aliphatic rings. The smallest absolute Gasteiger partial charge is 0.230 e. The molecule has 1 saturated heterocycles. The topological polar surface area (TPSA) is 59.2 Å². The van der Waals surface area contributed by atoms with Crippen molar-refractivity contribution in [2.24, 2.45) is 5.73 Å². The van der Waals surface area contributed by atoms with Gasteiger partial charge in [0.15, 0.2) is 5.13 Å². The number of hydrogen-bond acceptors (Lipinski definition) is 4. The Morgan fingerprint density at radius 3 is 3.06 bits per heavy atom. The monoisotopic (exact) mass is 267 g/mol. The number of thiazole rings is 1. The predicted molar refractivity (Wildman–Crippen MR) is 69.6 cm³/mol. The van der Waals surface area contributed by atoms with Gasteiger partial charge in [-0.3, -0.25) is 9.69 Å². The fourth-order valence-electron chi connectivity index (χ4n) is 1.92. The van der Waals surface area contributed by atoms with E-state index in [0.29, 0.717) is 23.1 Å². The van der Waals surface area contributed by atoms with Gasteiger partial charge in [0.1, 0.15) is 0 Å². The molecule has 2 aromatic rings. The number of fused-ring (bicyclic) bond motifs is 1. The number of nitrogens with zero attached hydrogens (tertiary/aromatic N) is 2. The molecule has 1 amide bonds. The number of nitrogens with two attached hydrogens (primary N) is 1. The molecule has 1 unspecified atom stereocenters. The van der Waals surface area contributed by atoms with Gasteiger partial charge in [-0.05, 0) is 18.2 Å². The quantitative estimate of drug-likeness (QED) is 0.860. The second-order valence-corrected chi connectivity index (χ2v) is 5.52. The van der Waals surface area contributed by atoms with Crippen LogP contribution >= 0.6 is 22.9 Å². The average Bonchev–Trinajstić information content (AvgIpc) is 2.80. The molecule has 0 aliphatic carbocycles. The molecule has 17 heavy (non-hydrogen) atoms. The van der Waals surface area contributed by atoms with Crippen LogP contribution in [0.5, 0.6) is 0 Å². The Labute approximate surface area is 107 Å². The molecule has 1 aliphatic heterocycles. The van der Waals surface area contributed by atoms with Gasteiger partial charge >= 0.3 is 0 Å². The lowest BCUT2D eigenvalue weighted by atomic mass is 10.3. The van der Waals surface area contributed by atoms with Gasteiger partial charge in [0.25, 0.3) is 0 Å². The second-order valence-electron chi connectivity index (χ2n) is 4.08. The van der Waals surface area contributed by atoms with Crippen molar-refractivity contribution in [3.05, 3.63) is 23.2 Å². The van der Waals surface area contributed by atoms with Crippen LogP contribution in [0.25, 0.3) is 10.2 Å². The third kappa shape index (κ3) is 1.90. The van der Waals surface area contributed by atoms with E-state index < -0.39 is 0 Å². The second kappa shape index (κ2) is 3.94. The summed E-state index contributed by atoms with van der Waals surface area (Å²) >= 11 is 7.39. The summed E-state index contributed by atoms with van der Waals surface area (Å²) in [4.78, 5) is 17.8. The first-order valence-corrected chi connectivity index (χ1v) is 6.45. The summed E-state index contributed by atoms with van der Waals surface area (Å²) in [7, 11) is 0. The molecule has 1 aromatic heterocycles. The molecule has 3 rings (SSSR count). The zero-order valence-electron chi connectivity index (χ0n) is 8.89. The number of amides is 1. The van der Waals surface area contributed by atoms with Crippen LogP contribution in [-0.4, -0.2) is 23.5 Å². The number of anilines is 1. The lowest BCUT2D eigenvalue weighted by Crippen LogP contribution is -2.27. The van der Waals surface area contributed by atoms with Crippen molar-refractivity contribution in [2.45, 2.75) is 12.5 Å². The highest BCUT2D eigenvalue weighted by Crippen LogP contribution is 2.32. The van der Waals surface area contributed by atoms with Crippen molar-refractivity contribution >= 4 is 44.2 Å². The minimum atomic E-state index is -0.0851. The van der Waals surface area contributed by atoms with Crippen molar-refractivity contribution < 1.29 is 4.79 Å². The third-order valence-electron chi connectivity index (χ3n) is 2.73. The predicted octanol–water partition coefficient (Wildman–Crippen LogP) is 2.01. The molecule has 4 nitrogen and oxygen atoms in total. The van der Waals surface area contributed by atoms with E-state index >= 15 is 0 Å². The SMILES string of the molecule is NC1CC(=O)N(c2nc3ccc(Cl)cc3s2)C1. The molecule has 0 radical (unpaired) electrons. The fraction of sp³-hybridized carbons (Fsp3) is 0.273. The highest BCUT2D eigenvalue weighted by molar-refractivity contribution is 7.22. The van der Waals surface area contributed by atoms with E-state index in [1.807, 2.05) is 12.1 Å². The molecule has 1 atom stereocenters. The molecular weight excluding hydrogens is 258 g/mol. The summed E-state index contributed by atoms with van der Waals surface area (Å²) in [6.07, 6.45) is 0.399. The van der Waals surface area contributed by atoms with Crippen molar-refractivity contribution in [1.29, 1.82) is 0 Å². The maximum absolute atomic E-state index is 11.7. The van der Waals surface area contributed by atoms with Crippen LogP contribution in [0.1, 0.15) is 6.42 Å². The van der Waals surface area contributed by atoms with E-state index in [-0.39, 0.29) is 11.9 Å². The molecule has 0 bridgehead atoms. The summed E-state index contributed by atoms with van der Waals surface area (Å²) in [5, 5.41) is 1.39. The van der Waals surface area contributed by atoms with E-state index in [0.717, 1.165) is 10.2 Å². The van der Waals surface area contributed by atoms with Gasteiger partial charge in [-0.15, -0.1) is 0 Å². The number of hydrogen-bond donors (Lipinski definition) is 1. The molecule has 0 spiro atoms. The van der Waals surface area contributed by atoms with Crippen LogP contribution in [0.3, 0.4) is 0 Å². The first-order chi connectivity index (χ1) is 8.13. The number of carbonyl (C=O) groups is 1. The standard InChI is InChI=1S/C11H10ClN3OS/c12-6-1-2-8-9(3-6)17-11(14-8)15-5-7(13)4-10(15)16/h1-3,7H,4-5,13H2. The zero-order chi connectivity index (χ0) is 12.0. The number of rotatable bonds is 1. The summed E-state index contributed by atoms with van der Waals surface area (Å²) in [6.45, 7) is 0.548. The molecule has 1 aromatic carbocycles. The van der Waals surface area contributed by atoms with Crippen molar-refractivity contribution in [3.63, 3.8) is 0 Å². The minimum absolute atomic E-state index is 0.0441. The van der Waals surface area contributed by atoms with E-state index in [4.69, 9.17) is 17.3 Å². The lowest BCUT2D eigenvalue weighted by Gasteiger charge is -2.10. The van der Waals surface area contributed by atoms with Crippen LogP contribution in [-0.2, 0) is 4.79 Å². The van der Waals surface area contributed by atoms with E-state index in [2.05, 4.69) is 4.98 Å². The molecule has 88 valence electrons. The van der Waals surface area contributed by atoms with Crippen molar-refractivity contribution in [3.8, 4) is 0 Å². The van der Waals surface area contributed by atoms with Gasteiger partial charge in [0.05, 0.1) is 10.2 Å². The van der Waals surface area contributed by atoms with E-state index in [1.165, 1.54) is 11.3 Å². The molecule has 6 heteroatoms. The maximum atomic E-state index is 11.7. The highest BCUT2D eigenvalue weighted by Gasteiger charge is 2.30. The van der Waals surface area contributed by atoms with E-state index in [9.17, 15) is 4.79 Å². The van der Waals surface area contributed by atoms with Crippen LogP contribution < -0.4 is 10.6 Å². The van der Waals surface area contributed by atoms with Crippen LogP contribution in [0, 0.1) is 0 Å². The first-order valence-electron chi connectivity index (χ1n) is 5.25.